The lowest BCUT2D eigenvalue weighted by Gasteiger charge is -2.13. The minimum atomic E-state index is -3.64. The van der Waals surface area contributed by atoms with Crippen LogP contribution in [0.4, 0.5) is 5.69 Å². The predicted octanol–water partition coefficient (Wildman–Crippen LogP) is 2.00. The first-order chi connectivity index (χ1) is 10.8. The number of rotatable bonds is 2. The standard InChI is InChI=1S/C15H14N2O5S/c1-17(2)23(20,21)9-6-7-12-10(8-9)16-15(19)14-11(18)4-3-5-13(14)22-12/h3-8,18H,1-2H3,(H,16,19). The Morgan fingerprint density at radius 3 is 2.57 bits per heavy atom. The van der Waals surface area contributed by atoms with Crippen LogP contribution in [-0.4, -0.2) is 37.8 Å². The number of sulfonamides is 1. The van der Waals surface area contributed by atoms with E-state index >= 15 is 0 Å². The Morgan fingerprint density at radius 1 is 1.13 bits per heavy atom. The average Bonchev–Trinajstić information content (AvgIpc) is 2.62. The molecule has 1 aliphatic heterocycles. The number of hydrogen-bond acceptors (Lipinski definition) is 5. The number of ether oxygens (including phenoxy) is 1. The fourth-order valence-electron chi connectivity index (χ4n) is 2.20. The van der Waals surface area contributed by atoms with Gasteiger partial charge in [-0.05, 0) is 30.3 Å². The van der Waals surface area contributed by atoms with Crippen molar-refractivity contribution in [2.24, 2.45) is 0 Å². The Bertz CT molecular complexity index is 906. The van der Waals surface area contributed by atoms with Crippen LogP contribution in [-0.2, 0) is 10.0 Å². The molecule has 0 saturated heterocycles. The van der Waals surface area contributed by atoms with Crippen molar-refractivity contribution >= 4 is 21.6 Å². The molecule has 0 radical (unpaired) electrons. The molecule has 0 fully saturated rings. The van der Waals surface area contributed by atoms with Crippen LogP contribution in [0.2, 0.25) is 0 Å². The Kier molecular flexibility index (Phi) is 3.50. The Labute approximate surface area is 133 Å². The number of fused-ring (bicyclic) bond motifs is 2. The van der Waals surface area contributed by atoms with Crippen molar-refractivity contribution in [1.29, 1.82) is 0 Å². The average molecular weight is 334 g/mol. The summed E-state index contributed by atoms with van der Waals surface area (Å²) in [5.41, 5.74) is 0.217. The summed E-state index contributed by atoms with van der Waals surface area (Å²) >= 11 is 0. The molecule has 0 spiro atoms. The van der Waals surface area contributed by atoms with Crippen molar-refractivity contribution in [3.05, 3.63) is 42.0 Å². The maximum Gasteiger partial charge on any atom is 0.263 e. The van der Waals surface area contributed by atoms with Crippen LogP contribution in [0.3, 0.4) is 0 Å². The molecule has 0 saturated carbocycles. The van der Waals surface area contributed by atoms with E-state index in [9.17, 15) is 18.3 Å². The summed E-state index contributed by atoms with van der Waals surface area (Å²) in [7, 11) is -0.797. The van der Waals surface area contributed by atoms with E-state index in [1.807, 2.05) is 0 Å². The maximum absolute atomic E-state index is 12.3. The topological polar surface area (TPSA) is 95.9 Å². The molecule has 1 heterocycles. The number of hydrogen-bond donors (Lipinski definition) is 2. The summed E-state index contributed by atoms with van der Waals surface area (Å²) in [6.07, 6.45) is 0. The molecule has 7 nitrogen and oxygen atoms in total. The van der Waals surface area contributed by atoms with Gasteiger partial charge in [0, 0.05) is 14.1 Å². The second-order valence-corrected chi connectivity index (χ2v) is 7.30. The fraction of sp³-hybridized carbons (Fsp3) is 0.133. The van der Waals surface area contributed by atoms with Crippen LogP contribution in [0.15, 0.2) is 41.3 Å². The summed E-state index contributed by atoms with van der Waals surface area (Å²) < 4.78 is 31.1. The van der Waals surface area contributed by atoms with E-state index < -0.39 is 15.9 Å². The molecule has 2 aromatic carbocycles. The van der Waals surface area contributed by atoms with Crippen molar-refractivity contribution in [3.63, 3.8) is 0 Å². The van der Waals surface area contributed by atoms with Gasteiger partial charge < -0.3 is 15.2 Å². The summed E-state index contributed by atoms with van der Waals surface area (Å²) in [5.74, 6) is -0.296. The number of nitrogens with zero attached hydrogens (tertiary/aromatic N) is 1. The molecule has 0 aliphatic carbocycles. The number of nitrogens with one attached hydrogen (secondary N) is 1. The summed E-state index contributed by atoms with van der Waals surface area (Å²) in [4.78, 5) is 12.3. The van der Waals surface area contributed by atoms with Crippen LogP contribution in [0.1, 0.15) is 10.4 Å². The van der Waals surface area contributed by atoms with E-state index in [0.29, 0.717) is 5.75 Å². The van der Waals surface area contributed by atoms with Gasteiger partial charge in [-0.2, -0.15) is 0 Å². The number of aromatic hydroxyl groups is 1. The SMILES string of the molecule is CN(C)S(=O)(=O)c1ccc2c(c1)NC(=O)c1c(O)cccc1O2. The molecule has 0 unspecified atom stereocenters. The minimum absolute atomic E-state index is 0.000664. The van der Waals surface area contributed by atoms with Crippen molar-refractivity contribution in [1.82, 2.24) is 4.31 Å². The number of phenolic OH excluding ortho intramolecular Hbond substituents is 1. The molecule has 2 N–H and O–H groups in total. The number of carbonyl (C=O) groups is 1. The van der Waals surface area contributed by atoms with Crippen LogP contribution in [0, 0.1) is 0 Å². The highest BCUT2D eigenvalue weighted by Gasteiger charge is 2.26. The van der Waals surface area contributed by atoms with Crippen LogP contribution in [0.5, 0.6) is 17.2 Å². The maximum atomic E-state index is 12.3. The van der Waals surface area contributed by atoms with Crippen LogP contribution < -0.4 is 10.1 Å². The lowest BCUT2D eigenvalue weighted by Crippen LogP contribution is -2.22. The monoisotopic (exact) mass is 334 g/mol. The molecule has 23 heavy (non-hydrogen) atoms. The van der Waals surface area contributed by atoms with E-state index in [4.69, 9.17) is 4.74 Å². The molecule has 2 aromatic rings. The lowest BCUT2D eigenvalue weighted by molar-refractivity contribution is 0.102. The van der Waals surface area contributed by atoms with Crippen molar-refractivity contribution in [2.45, 2.75) is 4.90 Å². The predicted molar refractivity (Wildman–Crippen MR) is 83.4 cm³/mol. The number of benzene rings is 2. The third-order valence-electron chi connectivity index (χ3n) is 3.43. The van der Waals surface area contributed by atoms with E-state index in [1.165, 1.54) is 38.4 Å². The third-order valence-corrected chi connectivity index (χ3v) is 5.24. The third kappa shape index (κ3) is 2.51. The molecule has 0 bridgehead atoms. The number of amides is 1. The van der Waals surface area contributed by atoms with Crippen LogP contribution in [0.25, 0.3) is 0 Å². The van der Waals surface area contributed by atoms with E-state index in [2.05, 4.69) is 5.32 Å². The van der Waals surface area contributed by atoms with Gasteiger partial charge in [0.05, 0.1) is 10.6 Å². The molecular weight excluding hydrogens is 320 g/mol. The summed E-state index contributed by atoms with van der Waals surface area (Å²) in [5, 5.41) is 12.4. The molecule has 120 valence electrons. The number of carbonyl (C=O) groups excluding carboxylic acids is 1. The van der Waals surface area contributed by atoms with Gasteiger partial charge in [-0.15, -0.1) is 0 Å². The molecule has 8 heteroatoms. The first-order valence-electron chi connectivity index (χ1n) is 6.68. The Balaban J connectivity index is 2.12. The highest BCUT2D eigenvalue weighted by Crippen LogP contribution is 2.39. The van der Waals surface area contributed by atoms with Gasteiger partial charge in [-0.3, -0.25) is 4.79 Å². The zero-order valence-electron chi connectivity index (χ0n) is 12.4. The summed E-state index contributed by atoms with van der Waals surface area (Å²) in [6.45, 7) is 0. The molecular formula is C15H14N2O5S. The van der Waals surface area contributed by atoms with Crippen molar-refractivity contribution < 1.29 is 23.1 Å². The Hall–Kier alpha value is -2.58. The second kappa shape index (κ2) is 5.25. The van der Waals surface area contributed by atoms with E-state index in [0.717, 1.165) is 4.31 Å². The normalized spacial score (nSPS) is 13.6. The van der Waals surface area contributed by atoms with Gasteiger partial charge >= 0.3 is 0 Å². The first-order valence-corrected chi connectivity index (χ1v) is 8.12. The van der Waals surface area contributed by atoms with Crippen LogP contribution >= 0.6 is 0 Å². The number of phenols is 1. The zero-order chi connectivity index (χ0) is 16.8. The molecule has 1 amide bonds. The van der Waals surface area contributed by atoms with Gasteiger partial charge in [0.25, 0.3) is 5.91 Å². The minimum Gasteiger partial charge on any atom is -0.507 e. The van der Waals surface area contributed by atoms with Crippen molar-refractivity contribution in [2.75, 3.05) is 19.4 Å². The Morgan fingerprint density at radius 2 is 1.87 bits per heavy atom. The molecule has 3 rings (SSSR count). The largest absolute Gasteiger partial charge is 0.507 e. The molecule has 1 aliphatic rings. The number of anilines is 1. The zero-order valence-corrected chi connectivity index (χ0v) is 13.2. The first kappa shape index (κ1) is 15.3. The van der Waals surface area contributed by atoms with Gasteiger partial charge in [0.2, 0.25) is 10.0 Å². The summed E-state index contributed by atoms with van der Waals surface area (Å²) in [6, 6.07) is 8.66. The van der Waals surface area contributed by atoms with Gasteiger partial charge in [-0.1, -0.05) is 6.07 Å². The quantitative estimate of drug-likeness (QED) is 0.876. The lowest BCUT2D eigenvalue weighted by atomic mass is 10.1. The van der Waals surface area contributed by atoms with E-state index in [1.54, 1.807) is 12.1 Å². The fourth-order valence-corrected chi connectivity index (χ4v) is 3.13. The molecule has 0 atom stereocenters. The second-order valence-electron chi connectivity index (χ2n) is 5.15. The van der Waals surface area contributed by atoms with E-state index in [-0.39, 0.29) is 27.6 Å². The molecule has 0 aromatic heterocycles. The van der Waals surface area contributed by atoms with Crippen molar-refractivity contribution in [3.8, 4) is 17.2 Å². The van der Waals surface area contributed by atoms with Gasteiger partial charge in [-0.25, -0.2) is 12.7 Å². The van der Waals surface area contributed by atoms with Gasteiger partial charge in [0.15, 0.2) is 5.75 Å². The smallest absolute Gasteiger partial charge is 0.263 e. The van der Waals surface area contributed by atoms with Gasteiger partial charge in [0.1, 0.15) is 17.1 Å². The highest BCUT2D eigenvalue weighted by molar-refractivity contribution is 7.89. The highest BCUT2D eigenvalue weighted by atomic mass is 32.2.